The number of hydrogen-bond donors (Lipinski definition) is 0. The fourth-order valence-electron chi connectivity index (χ4n) is 1.77. The van der Waals surface area contributed by atoms with Gasteiger partial charge in [-0.2, -0.15) is 20.5 Å². The van der Waals surface area contributed by atoms with Crippen LogP contribution in [-0.2, 0) is 4.74 Å². The minimum Gasteiger partial charge on any atom is -0.427 e. The molecule has 0 spiro atoms. The first-order valence-electron chi connectivity index (χ1n) is 6.81. The minimum atomic E-state index is -1.48. The highest BCUT2D eigenvalue weighted by molar-refractivity contribution is 5.96. The van der Waals surface area contributed by atoms with Crippen molar-refractivity contribution in [2.45, 2.75) is 19.4 Å². The van der Waals surface area contributed by atoms with Crippen LogP contribution in [0.3, 0.4) is 0 Å². The summed E-state index contributed by atoms with van der Waals surface area (Å²) in [4.78, 5) is 27.5. The van der Waals surface area contributed by atoms with Gasteiger partial charge in [0.1, 0.15) is 17.6 Å². The van der Waals surface area contributed by atoms with Crippen LogP contribution in [0.15, 0.2) is 24.7 Å². The number of aldehydes is 1. The number of rotatable bonds is 4. The molecule has 9 nitrogen and oxygen atoms in total. The third kappa shape index (κ3) is 3.76. The molecule has 0 bridgehead atoms. The van der Waals surface area contributed by atoms with E-state index in [-0.39, 0.29) is 17.1 Å². The zero-order valence-corrected chi connectivity index (χ0v) is 13.2. The lowest BCUT2D eigenvalue weighted by molar-refractivity contribution is 0.0849. The largest absolute Gasteiger partial charge is 0.429 e. The molecule has 0 fully saturated rings. The van der Waals surface area contributed by atoms with Crippen molar-refractivity contribution in [2.75, 3.05) is 4.90 Å². The highest BCUT2D eigenvalue weighted by atomic mass is 19.1. The molecule has 0 atom stereocenters. The first-order chi connectivity index (χ1) is 11.8. The van der Waals surface area contributed by atoms with E-state index in [0.29, 0.717) is 11.2 Å². The molecule has 10 heteroatoms. The minimum absolute atomic E-state index is 0.179. The molecule has 0 N–H and O–H groups in total. The van der Waals surface area contributed by atoms with E-state index in [2.05, 4.69) is 10.1 Å². The first kappa shape index (κ1) is 17.6. The van der Waals surface area contributed by atoms with Crippen LogP contribution in [-0.4, -0.2) is 32.7 Å². The summed E-state index contributed by atoms with van der Waals surface area (Å²) in [5.74, 6) is -0.630. The van der Waals surface area contributed by atoms with Crippen molar-refractivity contribution in [1.82, 2.24) is 14.8 Å². The molecule has 2 rings (SSSR count). The zero-order chi connectivity index (χ0) is 18.6. The molecule has 126 valence electrons. The Kier molecular flexibility index (Phi) is 4.75. The molecule has 0 aliphatic heterocycles. The van der Waals surface area contributed by atoms with Crippen LogP contribution in [0.4, 0.5) is 14.9 Å². The van der Waals surface area contributed by atoms with Gasteiger partial charge in [0.2, 0.25) is 0 Å². The summed E-state index contributed by atoms with van der Waals surface area (Å²) in [6.45, 7) is 2.67. The zero-order valence-electron chi connectivity index (χ0n) is 13.2. The molecular weight excluding hydrogens is 331 g/mol. The average molecular weight is 342 g/mol. The Labute approximate surface area is 141 Å². The highest BCUT2D eigenvalue weighted by Crippen LogP contribution is 2.22. The van der Waals surface area contributed by atoms with Crippen LogP contribution in [0, 0.1) is 28.6 Å². The lowest BCUT2D eigenvalue weighted by atomic mass is 10.2. The number of amides is 1. The van der Waals surface area contributed by atoms with Gasteiger partial charge >= 0.3 is 6.09 Å². The summed E-state index contributed by atoms with van der Waals surface area (Å²) in [7, 11) is 0. The Balaban J connectivity index is 2.43. The molecule has 25 heavy (non-hydrogen) atoms. The molecule has 2 aromatic rings. The Bertz CT molecular complexity index is 909. The van der Waals surface area contributed by atoms with Crippen molar-refractivity contribution >= 4 is 18.1 Å². The highest BCUT2D eigenvalue weighted by Gasteiger charge is 2.29. The molecule has 1 amide bonds. The molecule has 0 aliphatic carbocycles. The standard InChI is InChI=1S/C15H11FN6O3/c1-15(2,8-17)25-14(24)21(9-18)13-6-22(20-12(13)7-23)11-3-10(16)4-19-5-11/h3-7H,1-2H3. The quantitative estimate of drug-likeness (QED) is 0.472. The molecule has 0 aliphatic rings. The lowest BCUT2D eigenvalue weighted by Crippen LogP contribution is -2.35. The van der Waals surface area contributed by atoms with Crippen molar-refractivity contribution in [3.05, 3.63) is 36.2 Å². The number of halogens is 1. The molecule has 2 heterocycles. The monoisotopic (exact) mass is 342 g/mol. The Morgan fingerprint density at radius 2 is 2.16 bits per heavy atom. The fraction of sp³-hybridized carbons (Fsp3) is 0.200. The van der Waals surface area contributed by atoms with E-state index >= 15 is 0 Å². The smallest absolute Gasteiger partial charge is 0.427 e. The Morgan fingerprint density at radius 1 is 1.44 bits per heavy atom. The fourth-order valence-corrected chi connectivity index (χ4v) is 1.77. The van der Waals surface area contributed by atoms with Gasteiger partial charge in [-0.25, -0.2) is 13.9 Å². The molecule has 0 unspecified atom stereocenters. The molecule has 0 saturated heterocycles. The number of carbonyl (C=O) groups is 2. The van der Waals surface area contributed by atoms with Crippen molar-refractivity contribution in [3.8, 4) is 17.9 Å². The number of nitriles is 2. The van der Waals surface area contributed by atoms with Crippen LogP contribution in [0.5, 0.6) is 0 Å². The summed E-state index contributed by atoms with van der Waals surface area (Å²) < 4.78 is 19.3. The second-order valence-electron chi connectivity index (χ2n) is 5.25. The normalized spacial score (nSPS) is 10.4. The van der Waals surface area contributed by atoms with E-state index in [9.17, 15) is 19.2 Å². The van der Waals surface area contributed by atoms with E-state index in [1.807, 2.05) is 0 Å². The van der Waals surface area contributed by atoms with Crippen LogP contribution in [0.1, 0.15) is 24.3 Å². The van der Waals surface area contributed by atoms with E-state index in [4.69, 9.17) is 10.00 Å². The molecule has 0 saturated carbocycles. The number of ether oxygens (including phenoxy) is 1. The van der Waals surface area contributed by atoms with Crippen molar-refractivity contribution in [2.24, 2.45) is 0 Å². The van der Waals surface area contributed by atoms with Crippen LogP contribution in [0.25, 0.3) is 5.69 Å². The van der Waals surface area contributed by atoms with Gasteiger partial charge in [-0.3, -0.25) is 9.78 Å². The second-order valence-corrected chi connectivity index (χ2v) is 5.25. The Hall–Kier alpha value is -3.79. The molecule has 2 aromatic heterocycles. The summed E-state index contributed by atoms with van der Waals surface area (Å²) in [5.41, 5.74) is -1.73. The predicted molar refractivity (Wildman–Crippen MR) is 81.0 cm³/mol. The van der Waals surface area contributed by atoms with Gasteiger partial charge in [-0.05, 0) is 13.8 Å². The van der Waals surface area contributed by atoms with E-state index in [1.54, 1.807) is 12.3 Å². The van der Waals surface area contributed by atoms with Gasteiger partial charge in [0, 0.05) is 6.07 Å². The number of carbonyl (C=O) groups excluding carboxylic acids is 2. The average Bonchev–Trinajstić information content (AvgIpc) is 2.99. The van der Waals surface area contributed by atoms with E-state index in [0.717, 1.165) is 16.9 Å². The van der Waals surface area contributed by atoms with Gasteiger partial charge < -0.3 is 4.74 Å². The summed E-state index contributed by atoms with van der Waals surface area (Å²) in [5, 5.41) is 22.0. The third-order valence-electron chi connectivity index (χ3n) is 2.92. The van der Waals surface area contributed by atoms with E-state index in [1.165, 1.54) is 26.2 Å². The van der Waals surface area contributed by atoms with Crippen LogP contribution < -0.4 is 4.90 Å². The number of hydrogen-bond acceptors (Lipinski definition) is 7. The summed E-state index contributed by atoms with van der Waals surface area (Å²) in [6.07, 6.45) is 4.16. The maximum atomic E-state index is 13.3. The van der Waals surface area contributed by atoms with Crippen molar-refractivity contribution in [3.63, 3.8) is 0 Å². The number of anilines is 1. The number of pyridine rings is 1. The number of aromatic nitrogens is 3. The van der Waals surface area contributed by atoms with Crippen LogP contribution in [0.2, 0.25) is 0 Å². The lowest BCUT2D eigenvalue weighted by Gasteiger charge is -2.19. The molecule has 0 radical (unpaired) electrons. The Morgan fingerprint density at radius 3 is 2.72 bits per heavy atom. The van der Waals surface area contributed by atoms with Crippen LogP contribution >= 0.6 is 0 Å². The second kappa shape index (κ2) is 6.76. The van der Waals surface area contributed by atoms with Gasteiger partial charge in [0.15, 0.2) is 23.8 Å². The number of nitrogens with zero attached hydrogens (tertiary/aromatic N) is 6. The summed E-state index contributed by atoms with van der Waals surface area (Å²) in [6, 6.07) is 2.85. The third-order valence-corrected chi connectivity index (χ3v) is 2.92. The molecule has 0 aromatic carbocycles. The van der Waals surface area contributed by atoms with Gasteiger partial charge in [-0.1, -0.05) is 0 Å². The van der Waals surface area contributed by atoms with Crippen molar-refractivity contribution < 1.29 is 18.7 Å². The maximum absolute atomic E-state index is 13.3. The van der Waals surface area contributed by atoms with E-state index < -0.39 is 17.5 Å². The SMILES string of the molecule is CC(C)(C#N)OC(=O)N(C#N)c1cn(-c2cncc(F)c2)nc1C=O. The van der Waals surface area contributed by atoms with Gasteiger partial charge in [0.05, 0.1) is 24.3 Å². The predicted octanol–water partition coefficient (Wildman–Crippen LogP) is 1.95. The van der Waals surface area contributed by atoms with Gasteiger partial charge in [0.25, 0.3) is 0 Å². The van der Waals surface area contributed by atoms with Gasteiger partial charge in [-0.15, -0.1) is 0 Å². The first-order valence-corrected chi connectivity index (χ1v) is 6.81. The maximum Gasteiger partial charge on any atom is 0.429 e. The van der Waals surface area contributed by atoms with Crippen molar-refractivity contribution in [1.29, 1.82) is 10.5 Å². The topological polar surface area (TPSA) is 125 Å². The molecular formula is C15H11FN6O3. The summed E-state index contributed by atoms with van der Waals surface area (Å²) >= 11 is 0.